The standard InChI is InChI=1S/C23H41NO2/c1-9-22(25)24(16-19(6)15-17(2)3)23(26)21(8)14-12-10-11-13-20(7)18(4)5/h17,20-21H,4,6,9-16H2,1-3,5,7-8H3/t20-,21?/m0/s1. The zero-order valence-electron chi connectivity index (χ0n) is 18.1. The van der Waals surface area contributed by atoms with E-state index in [0.29, 0.717) is 24.8 Å². The smallest absolute Gasteiger partial charge is 0.232 e. The fraction of sp³-hybridized carbons (Fsp3) is 0.739. The third-order valence-corrected chi connectivity index (χ3v) is 4.99. The molecule has 2 amide bonds. The van der Waals surface area contributed by atoms with Crippen LogP contribution < -0.4 is 0 Å². The minimum Gasteiger partial charge on any atom is -0.278 e. The lowest BCUT2D eigenvalue weighted by Gasteiger charge is -2.25. The van der Waals surface area contributed by atoms with Crippen LogP contribution in [0, 0.1) is 17.8 Å². The maximum Gasteiger partial charge on any atom is 0.232 e. The fourth-order valence-corrected chi connectivity index (χ4v) is 3.06. The Balaban J connectivity index is 4.49. The van der Waals surface area contributed by atoms with Gasteiger partial charge < -0.3 is 0 Å². The van der Waals surface area contributed by atoms with Gasteiger partial charge in [0.25, 0.3) is 0 Å². The van der Waals surface area contributed by atoms with Crippen molar-refractivity contribution in [2.24, 2.45) is 17.8 Å². The Labute approximate surface area is 161 Å². The van der Waals surface area contributed by atoms with Crippen molar-refractivity contribution in [3.8, 4) is 0 Å². The molecule has 3 nitrogen and oxygen atoms in total. The summed E-state index contributed by atoms with van der Waals surface area (Å²) in [6.07, 6.45) is 6.51. The van der Waals surface area contributed by atoms with Gasteiger partial charge in [0.15, 0.2) is 0 Å². The lowest BCUT2D eigenvalue weighted by molar-refractivity contribution is -0.146. The lowest BCUT2D eigenvalue weighted by Crippen LogP contribution is -2.41. The molecule has 0 aliphatic carbocycles. The molecule has 0 aliphatic rings. The van der Waals surface area contributed by atoms with Gasteiger partial charge in [0.2, 0.25) is 11.8 Å². The Morgan fingerprint density at radius 2 is 1.46 bits per heavy atom. The topological polar surface area (TPSA) is 37.4 Å². The van der Waals surface area contributed by atoms with Gasteiger partial charge in [-0.2, -0.15) is 0 Å². The predicted octanol–water partition coefficient (Wildman–Crippen LogP) is 6.15. The molecule has 0 bridgehead atoms. The zero-order chi connectivity index (χ0) is 20.3. The number of carbonyl (C=O) groups excluding carboxylic acids is 2. The minimum atomic E-state index is -0.115. The number of hydrogen-bond donors (Lipinski definition) is 0. The fourth-order valence-electron chi connectivity index (χ4n) is 3.06. The van der Waals surface area contributed by atoms with Gasteiger partial charge >= 0.3 is 0 Å². The van der Waals surface area contributed by atoms with Crippen molar-refractivity contribution in [1.29, 1.82) is 0 Å². The summed E-state index contributed by atoms with van der Waals surface area (Å²) in [6, 6.07) is 0. The second-order valence-electron chi connectivity index (χ2n) is 8.31. The molecule has 150 valence electrons. The first-order valence-corrected chi connectivity index (χ1v) is 10.3. The van der Waals surface area contributed by atoms with E-state index in [4.69, 9.17) is 0 Å². The van der Waals surface area contributed by atoms with Gasteiger partial charge in [0, 0.05) is 18.9 Å². The average Bonchev–Trinajstić information content (AvgIpc) is 2.56. The highest BCUT2D eigenvalue weighted by Gasteiger charge is 2.25. The van der Waals surface area contributed by atoms with Gasteiger partial charge in [-0.05, 0) is 38.0 Å². The van der Waals surface area contributed by atoms with E-state index in [9.17, 15) is 9.59 Å². The third kappa shape index (κ3) is 9.94. The molecule has 0 fully saturated rings. The van der Waals surface area contributed by atoms with Crippen LogP contribution in [0.25, 0.3) is 0 Å². The Bertz CT molecular complexity index is 479. The first-order valence-electron chi connectivity index (χ1n) is 10.3. The summed E-state index contributed by atoms with van der Waals surface area (Å²) in [7, 11) is 0. The van der Waals surface area contributed by atoms with Crippen LogP contribution in [0.2, 0.25) is 0 Å². The molecule has 0 aromatic heterocycles. The molecule has 3 heteroatoms. The first kappa shape index (κ1) is 24.6. The average molecular weight is 364 g/mol. The van der Waals surface area contributed by atoms with Gasteiger partial charge in [0.1, 0.15) is 0 Å². The van der Waals surface area contributed by atoms with Gasteiger partial charge in [-0.15, -0.1) is 0 Å². The van der Waals surface area contributed by atoms with E-state index in [2.05, 4.69) is 40.9 Å². The van der Waals surface area contributed by atoms with Crippen molar-refractivity contribution in [3.63, 3.8) is 0 Å². The first-order chi connectivity index (χ1) is 12.1. The summed E-state index contributed by atoms with van der Waals surface area (Å²) in [4.78, 5) is 26.5. The van der Waals surface area contributed by atoms with E-state index in [0.717, 1.165) is 44.1 Å². The van der Waals surface area contributed by atoms with E-state index in [1.54, 1.807) is 6.92 Å². The number of amides is 2. The minimum absolute atomic E-state index is 0.0444. The molecule has 0 aromatic carbocycles. The number of allylic oxidation sites excluding steroid dienone is 1. The quantitative estimate of drug-likeness (QED) is 0.290. The molecular weight excluding hydrogens is 322 g/mol. The summed E-state index contributed by atoms with van der Waals surface area (Å²) < 4.78 is 0. The van der Waals surface area contributed by atoms with Crippen molar-refractivity contribution in [3.05, 3.63) is 24.3 Å². The third-order valence-electron chi connectivity index (χ3n) is 4.99. The molecule has 0 saturated heterocycles. The Kier molecular flexibility index (Phi) is 12.2. The molecule has 0 spiro atoms. The van der Waals surface area contributed by atoms with E-state index < -0.39 is 0 Å². The van der Waals surface area contributed by atoms with Crippen LogP contribution in [0.1, 0.15) is 86.5 Å². The van der Waals surface area contributed by atoms with Gasteiger partial charge in [-0.3, -0.25) is 14.5 Å². The van der Waals surface area contributed by atoms with Crippen LogP contribution in [0.5, 0.6) is 0 Å². The maximum atomic E-state index is 12.8. The predicted molar refractivity (Wildman–Crippen MR) is 112 cm³/mol. The molecule has 0 aliphatic heterocycles. The second-order valence-corrected chi connectivity index (χ2v) is 8.31. The number of unbranched alkanes of at least 4 members (excludes halogenated alkanes) is 2. The molecule has 1 unspecified atom stereocenters. The molecule has 0 rings (SSSR count). The molecule has 0 radical (unpaired) electrons. The highest BCUT2D eigenvalue weighted by molar-refractivity contribution is 5.96. The van der Waals surface area contributed by atoms with E-state index in [-0.39, 0.29) is 17.7 Å². The van der Waals surface area contributed by atoms with Gasteiger partial charge in [-0.25, -0.2) is 0 Å². The van der Waals surface area contributed by atoms with Crippen molar-refractivity contribution in [2.45, 2.75) is 86.5 Å². The highest BCUT2D eigenvalue weighted by atomic mass is 16.2. The van der Waals surface area contributed by atoms with Crippen LogP contribution in [-0.2, 0) is 9.59 Å². The van der Waals surface area contributed by atoms with Gasteiger partial charge in [0.05, 0.1) is 0 Å². The monoisotopic (exact) mass is 363 g/mol. The largest absolute Gasteiger partial charge is 0.278 e. The molecular formula is C23H41NO2. The summed E-state index contributed by atoms with van der Waals surface area (Å²) in [6.45, 7) is 20.7. The summed E-state index contributed by atoms with van der Waals surface area (Å²) in [5.74, 6) is 0.795. The number of hydrogen-bond acceptors (Lipinski definition) is 2. The number of rotatable bonds is 13. The Morgan fingerprint density at radius 3 is 1.92 bits per heavy atom. The van der Waals surface area contributed by atoms with Crippen LogP contribution in [0.15, 0.2) is 24.3 Å². The summed E-state index contributed by atoms with van der Waals surface area (Å²) >= 11 is 0. The highest BCUT2D eigenvalue weighted by Crippen LogP contribution is 2.20. The normalized spacial score (nSPS) is 13.3. The number of carbonyl (C=O) groups is 2. The molecule has 2 atom stereocenters. The van der Waals surface area contributed by atoms with E-state index in [1.165, 1.54) is 10.5 Å². The van der Waals surface area contributed by atoms with E-state index >= 15 is 0 Å². The van der Waals surface area contributed by atoms with E-state index in [1.807, 2.05) is 6.92 Å². The van der Waals surface area contributed by atoms with Crippen LogP contribution in [0.4, 0.5) is 0 Å². The Morgan fingerprint density at radius 1 is 0.923 bits per heavy atom. The SMILES string of the molecule is C=C(CC(C)C)CN(C(=O)CC)C(=O)C(C)CCCCC[C@H](C)C(=C)C. The zero-order valence-corrected chi connectivity index (χ0v) is 18.1. The van der Waals surface area contributed by atoms with Crippen molar-refractivity contribution >= 4 is 11.8 Å². The molecule has 0 heterocycles. The lowest BCUT2D eigenvalue weighted by atomic mass is 9.95. The van der Waals surface area contributed by atoms with Crippen molar-refractivity contribution in [2.75, 3.05) is 6.54 Å². The van der Waals surface area contributed by atoms with Gasteiger partial charge in [-0.1, -0.05) is 78.2 Å². The molecule has 0 saturated carbocycles. The molecule has 26 heavy (non-hydrogen) atoms. The summed E-state index contributed by atoms with van der Waals surface area (Å²) in [5.41, 5.74) is 2.19. The second kappa shape index (κ2) is 12.9. The summed E-state index contributed by atoms with van der Waals surface area (Å²) in [5, 5.41) is 0. The van der Waals surface area contributed by atoms with Crippen LogP contribution in [-0.4, -0.2) is 23.3 Å². The number of nitrogens with zero attached hydrogens (tertiary/aromatic N) is 1. The molecule has 0 aromatic rings. The molecule has 0 N–H and O–H groups in total. The van der Waals surface area contributed by atoms with Crippen LogP contribution >= 0.6 is 0 Å². The number of imide groups is 1. The van der Waals surface area contributed by atoms with Crippen molar-refractivity contribution < 1.29 is 9.59 Å². The Hall–Kier alpha value is -1.38. The van der Waals surface area contributed by atoms with Crippen LogP contribution in [0.3, 0.4) is 0 Å². The maximum absolute atomic E-state index is 12.8. The van der Waals surface area contributed by atoms with Crippen molar-refractivity contribution in [1.82, 2.24) is 4.90 Å².